The molecule has 1 aromatic rings. The Hall–Kier alpha value is -0.680. The highest BCUT2D eigenvalue weighted by molar-refractivity contribution is 7.80. The van der Waals surface area contributed by atoms with Gasteiger partial charge in [0.1, 0.15) is 6.54 Å². The lowest BCUT2D eigenvalue weighted by Crippen LogP contribution is -2.31. The Bertz CT molecular complexity index is 449. The van der Waals surface area contributed by atoms with E-state index in [1.54, 1.807) is 11.3 Å². The van der Waals surface area contributed by atoms with Crippen LogP contribution in [0, 0.1) is 6.92 Å². The Balaban J connectivity index is 0. The second-order valence-electron chi connectivity index (χ2n) is 2.69. The van der Waals surface area contributed by atoms with Crippen LogP contribution in [0.4, 0.5) is 0 Å². The van der Waals surface area contributed by atoms with E-state index in [2.05, 4.69) is 33.5 Å². The zero-order valence-corrected chi connectivity index (χ0v) is 12.7. The van der Waals surface area contributed by atoms with Gasteiger partial charge >= 0.3 is 22.0 Å². The lowest BCUT2D eigenvalue weighted by molar-refractivity contribution is -0.694. The van der Waals surface area contributed by atoms with Crippen molar-refractivity contribution in [1.29, 1.82) is 0 Å². The van der Waals surface area contributed by atoms with Crippen molar-refractivity contribution in [2.45, 2.75) is 27.3 Å². The van der Waals surface area contributed by atoms with Crippen molar-refractivity contribution in [3.05, 3.63) is 16.6 Å². The van der Waals surface area contributed by atoms with Crippen LogP contribution >= 0.6 is 11.3 Å². The molecule has 0 radical (unpaired) electrons. The number of aromatic nitrogens is 1. The molecular formula is C8H16NO6S3+. The Kier molecular flexibility index (Phi) is 12.5. The summed E-state index contributed by atoms with van der Waals surface area (Å²) in [4.78, 5) is 0. The highest BCUT2D eigenvalue weighted by Gasteiger charge is 2.00. The maximum absolute atomic E-state index is 9.56. The third-order valence-electron chi connectivity index (χ3n) is 1.49. The average molecular weight is 318 g/mol. The van der Waals surface area contributed by atoms with E-state index in [0.717, 1.165) is 6.54 Å². The third-order valence-corrected chi connectivity index (χ3v) is 2.87. The molecule has 1 aromatic heterocycles. The first-order valence-corrected chi connectivity index (χ1v) is 7.75. The minimum absolute atomic E-state index is 0.0289. The summed E-state index contributed by atoms with van der Waals surface area (Å²) in [6, 6.07) is 0. The van der Waals surface area contributed by atoms with E-state index < -0.39 is 22.0 Å². The van der Waals surface area contributed by atoms with Gasteiger partial charge in [-0.2, -0.15) is 21.4 Å². The molecule has 1 rings (SSSR count). The molecule has 18 heavy (non-hydrogen) atoms. The van der Waals surface area contributed by atoms with Gasteiger partial charge in [0.2, 0.25) is 5.51 Å². The van der Waals surface area contributed by atoms with E-state index >= 15 is 0 Å². The van der Waals surface area contributed by atoms with Gasteiger partial charge in [0.05, 0.1) is 12.0 Å². The molecule has 106 valence electrons. The molecule has 0 aliphatic rings. The van der Waals surface area contributed by atoms with Crippen LogP contribution in [0.1, 0.15) is 19.5 Å². The smallest absolute Gasteiger partial charge is 0.264 e. The second-order valence-corrected chi connectivity index (χ2v) is 4.63. The molecule has 0 atom stereocenters. The van der Waals surface area contributed by atoms with E-state index in [1.807, 2.05) is 0 Å². The van der Waals surface area contributed by atoms with Crippen molar-refractivity contribution >= 4 is 33.3 Å². The first kappa shape index (κ1) is 19.7. The van der Waals surface area contributed by atoms with Crippen LogP contribution in [0.5, 0.6) is 0 Å². The topological polar surface area (TPSA) is 102 Å². The number of thiazole rings is 1. The van der Waals surface area contributed by atoms with Crippen LogP contribution in [-0.4, -0.2) is 28.0 Å². The largest absolute Gasteiger partial charge is 0.397 e. The molecule has 0 aromatic carbocycles. The summed E-state index contributed by atoms with van der Waals surface area (Å²) < 4.78 is 49.5. The Labute approximate surface area is 114 Å². The standard InChI is InChI=1S/C6H10NS.C2H6O4S.O2S/c1-3-7-5-8-4-6(7)2;1-2-6-7(3,4)5;1-3-2/h4-5H,3H2,1-2H3;2H2,1H3,(H,3,4,5);/q+1;;. The molecule has 0 aliphatic heterocycles. The molecule has 0 amide bonds. The molecule has 0 fully saturated rings. The first-order valence-electron chi connectivity index (χ1n) is 4.78. The van der Waals surface area contributed by atoms with Gasteiger partial charge in [0.15, 0.2) is 5.69 Å². The van der Waals surface area contributed by atoms with Crippen molar-refractivity contribution in [1.82, 2.24) is 0 Å². The van der Waals surface area contributed by atoms with E-state index in [0.29, 0.717) is 0 Å². The molecule has 10 heteroatoms. The Morgan fingerprint density at radius 1 is 1.44 bits per heavy atom. The average Bonchev–Trinajstić information content (AvgIpc) is 2.64. The van der Waals surface area contributed by atoms with Crippen LogP contribution in [-0.2, 0) is 32.7 Å². The number of nitrogens with zero attached hydrogens (tertiary/aromatic N) is 1. The summed E-state index contributed by atoms with van der Waals surface area (Å²) in [6.07, 6.45) is 0. The van der Waals surface area contributed by atoms with Gasteiger partial charge in [0, 0.05) is 6.92 Å². The third kappa shape index (κ3) is 13.4. The van der Waals surface area contributed by atoms with E-state index in [4.69, 9.17) is 13.0 Å². The van der Waals surface area contributed by atoms with E-state index in [-0.39, 0.29) is 6.61 Å². The zero-order valence-electron chi connectivity index (χ0n) is 10.2. The van der Waals surface area contributed by atoms with Gasteiger partial charge in [-0.15, -0.1) is 0 Å². The quantitative estimate of drug-likeness (QED) is 0.644. The summed E-state index contributed by atoms with van der Waals surface area (Å²) >= 11 is 1.00. The van der Waals surface area contributed by atoms with Gasteiger partial charge < -0.3 is 0 Å². The number of aryl methyl sites for hydroxylation is 2. The van der Waals surface area contributed by atoms with Gasteiger partial charge in [-0.1, -0.05) is 11.3 Å². The Morgan fingerprint density at radius 3 is 2.06 bits per heavy atom. The van der Waals surface area contributed by atoms with Crippen molar-refractivity contribution in [2.75, 3.05) is 6.61 Å². The molecule has 0 unspecified atom stereocenters. The highest BCUT2D eigenvalue weighted by atomic mass is 32.3. The molecule has 1 heterocycles. The Morgan fingerprint density at radius 2 is 1.94 bits per heavy atom. The van der Waals surface area contributed by atoms with Crippen LogP contribution in [0.15, 0.2) is 10.9 Å². The maximum Gasteiger partial charge on any atom is 0.397 e. The van der Waals surface area contributed by atoms with Crippen LogP contribution < -0.4 is 4.57 Å². The fourth-order valence-electron chi connectivity index (χ4n) is 0.826. The molecule has 7 nitrogen and oxygen atoms in total. The fourth-order valence-corrected chi connectivity index (χ4v) is 1.98. The van der Waals surface area contributed by atoms with Crippen molar-refractivity contribution < 1.29 is 30.1 Å². The van der Waals surface area contributed by atoms with E-state index in [1.165, 1.54) is 12.6 Å². The van der Waals surface area contributed by atoms with Crippen molar-refractivity contribution in [2.24, 2.45) is 0 Å². The second kappa shape index (κ2) is 11.4. The number of rotatable bonds is 3. The van der Waals surface area contributed by atoms with Gasteiger partial charge in [-0.05, 0) is 13.8 Å². The highest BCUT2D eigenvalue weighted by Crippen LogP contribution is 1.95. The maximum atomic E-state index is 9.56. The molecule has 0 saturated carbocycles. The summed E-state index contributed by atoms with van der Waals surface area (Å²) in [5.74, 6) is 0. The molecule has 0 aliphatic carbocycles. The van der Waals surface area contributed by atoms with Crippen molar-refractivity contribution in [3.63, 3.8) is 0 Å². The molecule has 0 spiro atoms. The van der Waals surface area contributed by atoms with Gasteiger partial charge in [-0.3, -0.25) is 4.55 Å². The van der Waals surface area contributed by atoms with Gasteiger partial charge in [0.25, 0.3) is 0 Å². The molecule has 0 saturated heterocycles. The molecule has 0 bridgehead atoms. The zero-order chi connectivity index (χ0) is 14.6. The monoisotopic (exact) mass is 318 g/mol. The lowest BCUT2D eigenvalue weighted by atomic mass is 10.5. The first-order chi connectivity index (χ1) is 8.32. The van der Waals surface area contributed by atoms with Crippen LogP contribution in [0.25, 0.3) is 0 Å². The fraction of sp³-hybridized carbons (Fsp3) is 0.625. The molecular weight excluding hydrogens is 302 g/mol. The normalized spacial score (nSPS) is 9.56. The van der Waals surface area contributed by atoms with Crippen LogP contribution in [0.3, 0.4) is 0 Å². The number of hydrogen-bond acceptors (Lipinski definition) is 6. The number of hydrogen-bond donors (Lipinski definition) is 1. The predicted octanol–water partition coefficient (Wildman–Crippen LogP) is 0.519. The minimum atomic E-state index is -4.17. The lowest BCUT2D eigenvalue weighted by Gasteiger charge is -1.88. The molecule has 1 N–H and O–H groups in total. The minimum Gasteiger partial charge on any atom is -0.264 e. The summed E-state index contributed by atoms with van der Waals surface area (Å²) in [6.45, 7) is 6.81. The summed E-state index contributed by atoms with van der Waals surface area (Å²) in [7, 11) is -4.17. The van der Waals surface area contributed by atoms with Crippen molar-refractivity contribution in [3.8, 4) is 0 Å². The van der Waals surface area contributed by atoms with Crippen LogP contribution in [0.2, 0.25) is 0 Å². The SMILES string of the molecule is CCOS(=O)(=O)O.CC[n+]1cscc1C.O=S=O. The summed E-state index contributed by atoms with van der Waals surface area (Å²) in [5, 5.41) is 2.16. The summed E-state index contributed by atoms with van der Waals surface area (Å²) in [5.41, 5.74) is 3.49. The van der Waals surface area contributed by atoms with Gasteiger partial charge in [-0.25, -0.2) is 4.18 Å². The van der Waals surface area contributed by atoms with E-state index in [9.17, 15) is 8.42 Å². The predicted molar refractivity (Wildman–Crippen MR) is 67.0 cm³/mol.